The van der Waals surface area contributed by atoms with Crippen LogP contribution in [-0.2, 0) is 22.6 Å². The van der Waals surface area contributed by atoms with E-state index in [0.29, 0.717) is 29.7 Å². The molecule has 2 N–H and O–H groups in total. The summed E-state index contributed by atoms with van der Waals surface area (Å²) in [5.41, 5.74) is 2.16. The van der Waals surface area contributed by atoms with Gasteiger partial charge in [-0.05, 0) is 12.8 Å². The summed E-state index contributed by atoms with van der Waals surface area (Å²) in [5, 5.41) is 10.4. The fraction of sp³-hybridized carbons (Fsp3) is 0.619. The topological polar surface area (TPSA) is 97.2 Å². The zero-order chi connectivity index (χ0) is 23.0. The van der Waals surface area contributed by atoms with E-state index in [9.17, 15) is 13.6 Å². The van der Waals surface area contributed by atoms with Crippen molar-refractivity contribution in [2.75, 3.05) is 29.2 Å². The number of aromatic nitrogens is 4. The summed E-state index contributed by atoms with van der Waals surface area (Å²) in [7, 11) is 1.86. The number of hydrogen-bond acceptors (Lipinski definition) is 7. The molecule has 33 heavy (non-hydrogen) atoms. The molecule has 2 atom stereocenters. The fourth-order valence-corrected chi connectivity index (χ4v) is 4.27. The number of aryl methyl sites for hydroxylation is 1. The molecule has 12 heteroatoms. The van der Waals surface area contributed by atoms with Gasteiger partial charge in [0.2, 0.25) is 11.9 Å². The molecule has 2 aromatic rings. The fourth-order valence-electron chi connectivity index (χ4n) is 4.27. The third-order valence-electron chi connectivity index (χ3n) is 5.85. The average molecular weight is 484 g/mol. The van der Waals surface area contributed by atoms with Crippen molar-refractivity contribution in [2.24, 2.45) is 5.92 Å². The lowest BCUT2D eigenvalue weighted by Gasteiger charge is -2.36. The van der Waals surface area contributed by atoms with Gasteiger partial charge >= 0.3 is 0 Å². The van der Waals surface area contributed by atoms with E-state index < -0.39 is 12.0 Å². The van der Waals surface area contributed by atoms with Crippen molar-refractivity contribution < 1.29 is 18.3 Å². The first kappa shape index (κ1) is 25.2. The second kappa shape index (κ2) is 9.80. The van der Waals surface area contributed by atoms with Crippen LogP contribution < -0.4 is 15.5 Å². The number of likely N-dealkylation sites (N-methyl/N-ethyl adjacent to an activating group) is 1. The van der Waals surface area contributed by atoms with Crippen LogP contribution in [0.5, 0.6) is 0 Å². The first-order valence-electron chi connectivity index (χ1n) is 10.8. The van der Waals surface area contributed by atoms with Crippen molar-refractivity contribution >= 4 is 36.9 Å². The summed E-state index contributed by atoms with van der Waals surface area (Å²) in [4.78, 5) is 23.4. The average Bonchev–Trinajstić information content (AvgIpc) is 3.13. The molecule has 0 bridgehead atoms. The minimum absolute atomic E-state index is 0. The van der Waals surface area contributed by atoms with E-state index in [4.69, 9.17) is 4.74 Å². The molecule has 2 aliphatic heterocycles. The Hall–Kier alpha value is -2.47. The van der Waals surface area contributed by atoms with Gasteiger partial charge < -0.3 is 20.3 Å². The van der Waals surface area contributed by atoms with Gasteiger partial charge in [-0.15, -0.1) is 0 Å². The van der Waals surface area contributed by atoms with Crippen LogP contribution in [0, 0.1) is 12.8 Å². The molecular weight excluding hydrogens is 452 g/mol. The molecule has 1 amide bonds. The molecule has 9 nitrogen and oxygen atoms in total. The van der Waals surface area contributed by atoms with Crippen molar-refractivity contribution in [3.63, 3.8) is 0 Å². The summed E-state index contributed by atoms with van der Waals surface area (Å²) in [6.07, 6.45) is 2.42. The Morgan fingerprint density at radius 1 is 1.36 bits per heavy atom. The normalized spacial score (nSPS) is 21.9. The van der Waals surface area contributed by atoms with E-state index in [-0.39, 0.29) is 57.4 Å². The number of anilines is 3. The second-order valence-corrected chi connectivity index (χ2v) is 8.85. The van der Waals surface area contributed by atoms with E-state index in [1.165, 1.54) is 0 Å². The van der Waals surface area contributed by atoms with Crippen LogP contribution in [0.4, 0.5) is 26.2 Å². The van der Waals surface area contributed by atoms with Gasteiger partial charge in [-0.3, -0.25) is 9.48 Å². The first-order chi connectivity index (χ1) is 15.1. The molecule has 0 spiro atoms. The number of carbonyl (C=O) groups is 1. The molecular formula is C21H31F2N7O2S. The number of halogens is 2. The summed E-state index contributed by atoms with van der Waals surface area (Å²) in [6, 6.07) is -0.308. The third kappa shape index (κ3) is 5.55. The Morgan fingerprint density at radius 2 is 2.12 bits per heavy atom. The van der Waals surface area contributed by atoms with Crippen molar-refractivity contribution in [2.45, 2.75) is 64.8 Å². The number of fused-ring (bicyclic) bond motifs is 1. The van der Waals surface area contributed by atoms with Gasteiger partial charge in [0.1, 0.15) is 11.7 Å². The maximum Gasteiger partial charge on any atom is 0.252 e. The molecule has 0 aliphatic carbocycles. The highest BCUT2D eigenvalue weighted by molar-refractivity contribution is 7.59. The molecule has 1 unspecified atom stereocenters. The molecule has 0 aromatic carbocycles. The predicted octanol–water partition coefficient (Wildman–Crippen LogP) is 2.93. The maximum atomic E-state index is 13.6. The molecule has 0 radical (unpaired) electrons. The van der Waals surface area contributed by atoms with E-state index in [1.54, 1.807) is 17.1 Å². The van der Waals surface area contributed by atoms with Crippen LogP contribution in [0.15, 0.2) is 12.4 Å². The predicted molar refractivity (Wildman–Crippen MR) is 126 cm³/mol. The Bertz CT molecular complexity index is 1000. The van der Waals surface area contributed by atoms with Gasteiger partial charge in [0.05, 0.1) is 31.1 Å². The van der Waals surface area contributed by atoms with Gasteiger partial charge in [-0.2, -0.15) is 23.6 Å². The van der Waals surface area contributed by atoms with Crippen LogP contribution in [0.25, 0.3) is 0 Å². The molecule has 2 aromatic heterocycles. The van der Waals surface area contributed by atoms with Crippen LogP contribution in [-0.4, -0.2) is 57.4 Å². The number of ether oxygens (including phenoxy) is 1. The first-order valence-corrected chi connectivity index (χ1v) is 10.8. The highest BCUT2D eigenvalue weighted by Gasteiger charge is 2.37. The molecule has 4 rings (SSSR count). The summed E-state index contributed by atoms with van der Waals surface area (Å²) >= 11 is 0. The van der Waals surface area contributed by atoms with Gasteiger partial charge in [0, 0.05) is 38.2 Å². The summed E-state index contributed by atoms with van der Waals surface area (Å²) < 4.78 is 34.2. The van der Waals surface area contributed by atoms with Crippen molar-refractivity contribution in [3.8, 4) is 0 Å². The quantitative estimate of drug-likeness (QED) is 0.652. The van der Waals surface area contributed by atoms with Gasteiger partial charge in [0.25, 0.3) is 5.92 Å². The minimum Gasteiger partial charge on any atom is -0.376 e. The highest BCUT2D eigenvalue weighted by atomic mass is 32.1. The Kier molecular flexibility index (Phi) is 7.47. The smallest absolute Gasteiger partial charge is 0.252 e. The summed E-state index contributed by atoms with van der Waals surface area (Å²) in [5.74, 6) is -1.50. The van der Waals surface area contributed by atoms with E-state index in [1.807, 2.05) is 32.7 Å². The van der Waals surface area contributed by atoms with Gasteiger partial charge in [0.15, 0.2) is 5.82 Å². The Labute approximate surface area is 198 Å². The maximum absolute atomic E-state index is 13.6. The van der Waals surface area contributed by atoms with E-state index in [0.717, 1.165) is 5.56 Å². The number of carbonyl (C=O) groups excluding carboxylic acids is 1. The largest absolute Gasteiger partial charge is 0.376 e. The lowest BCUT2D eigenvalue weighted by Crippen LogP contribution is -2.49. The van der Waals surface area contributed by atoms with Gasteiger partial charge in [-0.1, -0.05) is 13.8 Å². The number of rotatable bonds is 6. The monoisotopic (exact) mass is 483 g/mol. The van der Waals surface area contributed by atoms with Crippen LogP contribution in [0.3, 0.4) is 0 Å². The second-order valence-electron chi connectivity index (χ2n) is 8.85. The number of alkyl halides is 2. The van der Waals surface area contributed by atoms with Crippen molar-refractivity contribution in [1.29, 1.82) is 0 Å². The number of amides is 1. The SMILES string of the molecule is Cc1nc(NCc2cnn(CC3CC(F)(F)CCO3)c2)nc2c1NC(=O)[C@H](C(C)C)N2C.S. The number of nitrogens with zero attached hydrogens (tertiary/aromatic N) is 5. The van der Waals surface area contributed by atoms with Crippen LogP contribution >= 0.6 is 13.5 Å². The van der Waals surface area contributed by atoms with E-state index in [2.05, 4.69) is 25.7 Å². The van der Waals surface area contributed by atoms with Gasteiger partial charge in [-0.25, -0.2) is 13.8 Å². The van der Waals surface area contributed by atoms with Crippen LogP contribution in [0.1, 0.15) is 37.9 Å². The van der Waals surface area contributed by atoms with Crippen molar-refractivity contribution in [1.82, 2.24) is 19.7 Å². The molecule has 0 saturated carbocycles. The van der Waals surface area contributed by atoms with Crippen molar-refractivity contribution in [3.05, 3.63) is 23.7 Å². The number of hydrogen-bond donors (Lipinski definition) is 2. The Balaban J connectivity index is 0.00000306. The molecule has 1 fully saturated rings. The minimum atomic E-state index is -2.68. The third-order valence-corrected chi connectivity index (χ3v) is 5.85. The standard InChI is InChI=1S/C21H29F2N7O2.H2S/c1-12(2)17-19(31)27-16-13(3)26-20(28-18(16)29(17)4)24-8-14-9-25-30(10-14)11-15-7-21(22,23)5-6-32-15;/h9-10,12,15,17H,5-8,11H2,1-4H3,(H,27,31)(H,24,26,28);1H2/t15?,17-;/m0./s1. The zero-order valence-corrected chi connectivity index (χ0v) is 20.2. The van der Waals surface area contributed by atoms with Crippen LogP contribution in [0.2, 0.25) is 0 Å². The highest BCUT2D eigenvalue weighted by Crippen LogP contribution is 2.34. The van der Waals surface area contributed by atoms with E-state index >= 15 is 0 Å². The molecule has 182 valence electrons. The lowest BCUT2D eigenvalue weighted by molar-refractivity contribution is -0.131. The summed E-state index contributed by atoms with van der Waals surface area (Å²) in [6.45, 7) is 6.59. The molecule has 1 saturated heterocycles. The lowest BCUT2D eigenvalue weighted by atomic mass is 9.99. The Morgan fingerprint density at radius 3 is 2.82 bits per heavy atom. The zero-order valence-electron chi connectivity index (χ0n) is 19.2. The molecule has 2 aliphatic rings. The molecule has 4 heterocycles. The number of nitrogens with one attached hydrogen (secondary N) is 2.